The molecule has 4 aromatic rings. The van der Waals surface area contributed by atoms with Gasteiger partial charge in [0.15, 0.2) is 5.78 Å². The van der Waals surface area contributed by atoms with Crippen molar-refractivity contribution in [1.29, 1.82) is 0 Å². The number of ether oxygens (including phenoxy) is 1. The molecule has 32 heavy (non-hydrogen) atoms. The Morgan fingerprint density at radius 2 is 1.50 bits per heavy atom. The molecule has 1 aliphatic carbocycles. The second kappa shape index (κ2) is 7.99. The molecule has 5 rings (SSSR count). The van der Waals surface area contributed by atoms with E-state index in [4.69, 9.17) is 16.3 Å². The number of benzene rings is 3. The molecule has 0 N–H and O–H groups in total. The largest absolute Gasteiger partial charge is 0.457 e. The summed E-state index contributed by atoms with van der Waals surface area (Å²) in [6, 6.07) is 27.6. The van der Waals surface area contributed by atoms with Crippen LogP contribution in [0.25, 0.3) is 16.9 Å². The second-order valence-corrected chi connectivity index (χ2v) is 9.52. The Kier molecular flexibility index (Phi) is 5.15. The topological polar surface area (TPSA) is 31.2 Å². The van der Waals surface area contributed by atoms with Gasteiger partial charge >= 0.3 is 0 Å². The van der Waals surface area contributed by atoms with E-state index in [0.717, 1.165) is 46.1 Å². The number of halogens is 1. The fraction of sp³-hybridized carbons (Fsp3) is 0.179. The molecule has 3 nitrogen and oxygen atoms in total. The molecule has 1 heterocycles. The minimum absolute atomic E-state index is 0.0756. The van der Waals surface area contributed by atoms with E-state index < -0.39 is 0 Å². The number of aromatic nitrogens is 1. The summed E-state index contributed by atoms with van der Waals surface area (Å²) in [7, 11) is 0. The highest BCUT2D eigenvalue weighted by molar-refractivity contribution is 6.30. The lowest BCUT2D eigenvalue weighted by Crippen LogP contribution is -2.27. The van der Waals surface area contributed by atoms with Crippen molar-refractivity contribution in [2.24, 2.45) is 5.41 Å². The molecule has 0 atom stereocenters. The van der Waals surface area contributed by atoms with E-state index in [-0.39, 0.29) is 11.2 Å². The van der Waals surface area contributed by atoms with E-state index in [2.05, 4.69) is 18.4 Å². The van der Waals surface area contributed by atoms with Crippen molar-refractivity contribution in [2.45, 2.75) is 26.7 Å². The first-order valence-corrected chi connectivity index (χ1v) is 11.1. The van der Waals surface area contributed by atoms with Crippen molar-refractivity contribution in [2.75, 3.05) is 0 Å². The fourth-order valence-electron chi connectivity index (χ4n) is 4.43. The molecule has 0 saturated heterocycles. The molecule has 0 amide bonds. The Morgan fingerprint density at radius 1 is 0.844 bits per heavy atom. The van der Waals surface area contributed by atoms with E-state index in [9.17, 15) is 4.79 Å². The third-order valence-corrected chi connectivity index (χ3v) is 6.15. The standard InChI is InChI=1S/C28H24ClNO2/c1-28(2)17-26-24(27(31)18-28)16-25(19-8-10-20(29)11-9-19)30(26)21-12-14-23(15-13-21)32-22-6-4-3-5-7-22/h3-16H,17-18H2,1-2H3. The highest BCUT2D eigenvalue weighted by Crippen LogP contribution is 2.40. The number of hydrogen-bond donors (Lipinski definition) is 0. The lowest BCUT2D eigenvalue weighted by molar-refractivity contribution is 0.0911. The SMILES string of the molecule is CC1(C)CC(=O)c2cc(-c3ccc(Cl)cc3)n(-c3ccc(Oc4ccccc4)cc3)c2C1. The van der Waals surface area contributed by atoms with E-state index in [1.54, 1.807) is 0 Å². The van der Waals surface area contributed by atoms with Crippen molar-refractivity contribution >= 4 is 17.4 Å². The number of Topliss-reactive ketones (excluding diaryl/α,β-unsaturated/α-hetero) is 1. The van der Waals surface area contributed by atoms with E-state index in [0.29, 0.717) is 11.4 Å². The van der Waals surface area contributed by atoms with Crippen LogP contribution < -0.4 is 4.74 Å². The van der Waals surface area contributed by atoms with E-state index >= 15 is 0 Å². The highest BCUT2D eigenvalue weighted by atomic mass is 35.5. The van der Waals surface area contributed by atoms with Gasteiger partial charge < -0.3 is 9.30 Å². The first-order chi connectivity index (χ1) is 15.4. The molecule has 0 spiro atoms. The number of hydrogen-bond acceptors (Lipinski definition) is 2. The van der Waals surface area contributed by atoms with Gasteiger partial charge in [0, 0.05) is 28.4 Å². The Hall–Kier alpha value is -3.30. The average Bonchev–Trinajstić information content (AvgIpc) is 3.14. The van der Waals surface area contributed by atoms with Crippen LogP contribution in [0.15, 0.2) is 84.9 Å². The van der Waals surface area contributed by atoms with Gasteiger partial charge in [0.1, 0.15) is 11.5 Å². The third kappa shape index (κ3) is 3.96. The fourth-order valence-corrected chi connectivity index (χ4v) is 4.55. The first kappa shape index (κ1) is 20.6. The normalized spacial score (nSPS) is 14.8. The van der Waals surface area contributed by atoms with Gasteiger partial charge in [-0.1, -0.05) is 55.8 Å². The summed E-state index contributed by atoms with van der Waals surface area (Å²) in [5.74, 6) is 1.77. The van der Waals surface area contributed by atoms with Crippen LogP contribution in [0.1, 0.15) is 36.3 Å². The van der Waals surface area contributed by atoms with Crippen molar-refractivity contribution < 1.29 is 9.53 Å². The second-order valence-electron chi connectivity index (χ2n) is 9.08. The third-order valence-electron chi connectivity index (χ3n) is 5.90. The molecule has 160 valence electrons. The number of rotatable bonds is 4. The van der Waals surface area contributed by atoms with Crippen molar-refractivity contribution in [3.63, 3.8) is 0 Å². The maximum absolute atomic E-state index is 13.0. The Balaban J connectivity index is 1.60. The molecule has 4 heteroatoms. The zero-order chi connectivity index (χ0) is 22.3. The number of para-hydroxylation sites is 1. The maximum atomic E-state index is 13.0. The van der Waals surface area contributed by atoms with Crippen LogP contribution in [-0.4, -0.2) is 10.4 Å². The van der Waals surface area contributed by atoms with Gasteiger partial charge in [-0.25, -0.2) is 0 Å². The Labute approximate surface area is 193 Å². The van der Waals surface area contributed by atoms with Gasteiger partial charge in [-0.15, -0.1) is 0 Å². The van der Waals surface area contributed by atoms with Crippen LogP contribution in [0.4, 0.5) is 0 Å². The molecule has 1 aliphatic rings. The number of carbonyl (C=O) groups excluding carboxylic acids is 1. The Bertz CT molecular complexity index is 1270. The van der Waals surface area contributed by atoms with Gasteiger partial charge in [-0.05, 0) is 72.0 Å². The van der Waals surface area contributed by atoms with Crippen LogP contribution in [0.5, 0.6) is 11.5 Å². The zero-order valence-corrected chi connectivity index (χ0v) is 18.9. The molecule has 3 aromatic carbocycles. The first-order valence-electron chi connectivity index (χ1n) is 10.8. The number of fused-ring (bicyclic) bond motifs is 1. The van der Waals surface area contributed by atoms with Crippen molar-refractivity contribution in [1.82, 2.24) is 4.57 Å². The van der Waals surface area contributed by atoms with Crippen LogP contribution in [-0.2, 0) is 6.42 Å². The quantitative estimate of drug-likeness (QED) is 0.324. The molecular weight excluding hydrogens is 418 g/mol. The number of carbonyl (C=O) groups is 1. The van der Waals surface area contributed by atoms with E-state index in [1.165, 1.54) is 0 Å². The number of nitrogens with zero attached hydrogens (tertiary/aromatic N) is 1. The minimum atomic E-state index is -0.0756. The molecular formula is C28H24ClNO2. The van der Waals surface area contributed by atoms with E-state index in [1.807, 2.05) is 84.9 Å². The van der Waals surface area contributed by atoms with Gasteiger partial charge in [0.05, 0.1) is 5.69 Å². The van der Waals surface area contributed by atoms with Crippen LogP contribution in [0, 0.1) is 5.41 Å². The summed E-state index contributed by atoms with van der Waals surface area (Å²) in [5, 5.41) is 0.691. The maximum Gasteiger partial charge on any atom is 0.165 e. The van der Waals surface area contributed by atoms with Crippen molar-refractivity contribution in [3.05, 3.63) is 101 Å². The van der Waals surface area contributed by atoms with Crippen LogP contribution in [0.2, 0.25) is 5.02 Å². The molecule has 0 unspecified atom stereocenters. The monoisotopic (exact) mass is 441 g/mol. The van der Waals surface area contributed by atoms with Gasteiger partial charge in [-0.2, -0.15) is 0 Å². The average molecular weight is 442 g/mol. The molecule has 0 fully saturated rings. The summed E-state index contributed by atoms with van der Waals surface area (Å²) in [5.41, 5.74) is 4.83. The van der Waals surface area contributed by atoms with Crippen LogP contribution in [0.3, 0.4) is 0 Å². The predicted molar refractivity (Wildman–Crippen MR) is 129 cm³/mol. The van der Waals surface area contributed by atoms with Crippen molar-refractivity contribution in [3.8, 4) is 28.4 Å². The lowest BCUT2D eigenvalue weighted by atomic mass is 9.76. The van der Waals surface area contributed by atoms with Crippen LogP contribution >= 0.6 is 11.6 Å². The minimum Gasteiger partial charge on any atom is -0.457 e. The summed E-state index contributed by atoms with van der Waals surface area (Å²) < 4.78 is 8.18. The highest BCUT2D eigenvalue weighted by Gasteiger charge is 2.35. The smallest absolute Gasteiger partial charge is 0.165 e. The lowest BCUT2D eigenvalue weighted by Gasteiger charge is -2.30. The zero-order valence-electron chi connectivity index (χ0n) is 18.1. The number of ketones is 1. The summed E-state index contributed by atoms with van der Waals surface area (Å²) in [6.45, 7) is 4.31. The van der Waals surface area contributed by atoms with Gasteiger partial charge in [0.2, 0.25) is 0 Å². The van der Waals surface area contributed by atoms with Gasteiger partial charge in [0.25, 0.3) is 0 Å². The summed E-state index contributed by atoms with van der Waals surface area (Å²) >= 11 is 6.13. The summed E-state index contributed by atoms with van der Waals surface area (Å²) in [6.07, 6.45) is 1.40. The van der Waals surface area contributed by atoms with Gasteiger partial charge in [-0.3, -0.25) is 4.79 Å². The molecule has 0 aliphatic heterocycles. The summed E-state index contributed by atoms with van der Waals surface area (Å²) in [4.78, 5) is 13.0. The molecule has 0 radical (unpaired) electrons. The molecule has 0 saturated carbocycles. The molecule has 1 aromatic heterocycles. The predicted octanol–water partition coefficient (Wildman–Crippen LogP) is 7.75. The molecule has 0 bridgehead atoms. The Morgan fingerprint density at radius 3 is 2.19 bits per heavy atom.